The van der Waals surface area contributed by atoms with Crippen LogP contribution >= 0.6 is 22.9 Å². The molecule has 0 spiro atoms. The third kappa shape index (κ3) is 3.22. The van der Waals surface area contributed by atoms with Crippen molar-refractivity contribution in [2.24, 2.45) is 5.92 Å². The van der Waals surface area contributed by atoms with Gasteiger partial charge < -0.3 is 9.64 Å². The first-order valence-corrected chi connectivity index (χ1v) is 10.3. The number of aryl methyl sites for hydroxylation is 2. The van der Waals surface area contributed by atoms with Crippen LogP contribution in [0.4, 0.5) is 5.82 Å². The lowest BCUT2D eigenvalue weighted by atomic mass is 9.95. The lowest BCUT2D eigenvalue weighted by Gasteiger charge is -2.33. The van der Waals surface area contributed by atoms with Crippen molar-refractivity contribution in [1.29, 1.82) is 0 Å². The Hall–Kier alpha value is -1.40. The van der Waals surface area contributed by atoms with Crippen molar-refractivity contribution < 1.29 is 9.53 Å². The Morgan fingerprint density at radius 2 is 2.16 bits per heavy atom. The predicted octanol–water partition coefficient (Wildman–Crippen LogP) is 4.00. The average molecular weight is 380 g/mol. The Kier molecular flexibility index (Phi) is 4.82. The van der Waals surface area contributed by atoms with Gasteiger partial charge in [-0.1, -0.05) is 0 Å². The van der Waals surface area contributed by atoms with Crippen LogP contribution in [0, 0.1) is 5.92 Å². The molecule has 2 aromatic rings. The molecule has 1 aliphatic carbocycles. The van der Waals surface area contributed by atoms with E-state index in [1.807, 2.05) is 6.92 Å². The zero-order valence-electron chi connectivity index (χ0n) is 14.4. The highest BCUT2D eigenvalue weighted by molar-refractivity contribution is 7.19. The maximum atomic E-state index is 12.2. The number of nitrogens with zero attached hydrogens (tertiary/aromatic N) is 3. The molecule has 1 saturated heterocycles. The molecule has 3 heterocycles. The molecule has 1 fully saturated rings. The zero-order chi connectivity index (χ0) is 17.4. The highest BCUT2D eigenvalue weighted by atomic mass is 35.5. The fourth-order valence-corrected chi connectivity index (χ4v) is 5.43. The van der Waals surface area contributed by atoms with E-state index in [0.717, 1.165) is 48.3 Å². The van der Waals surface area contributed by atoms with Crippen molar-refractivity contribution in [2.45, 2.75) is 45.4 Å². The Morgan fingerprint density at radius 1 is 1.32 bits per heavy atom. The number of fused-ring (bicyclic) bond motifs is 3. The van der Waals surface area contributed by atoms with Gasteiger partial charge in [0.05, 0.1) is 17.9 Å². The van der Waals surface area contributed by atoms with Crippen molar-refractivity contribution in [2.75, 3.05) is 24.6 Å². The van der Waals surface area contributed by atoms with Gasteiger partial charge in [0.15, 0.2) is 0 Å². The largest absolute Gasteiger partial charge is 0.466 e. The normalized spacial score (nSPS) is 20.6. The monoisotopic (exact) mass is 379 g/mol. The van der Waals surface area contributed by atoms with Crippen molar-refractivity contribution >= 4 is 44.9 Å². The molecule has 0 aromatic carbocycles. The second kappa shape index (κ2) is 7.08. The van der Waals surface area contributed by atoms with Crippen LogP contribution in [0.15, 0.2) is 0 Å². The number of hydrogen-bond acceptors (Lipinski definition) is 6. The van der Waals surface area contributed by atoms with Crippen LogP contribution in [0.1, 0.15) is 43.0 Å². The van der Waals surface area contributed by atoms with Gasteiger partial charge in [0.2, 0.25) is 5.28 Å². The van der Waals surface area contributed by atoms with Gasteiger partial charge in [0, 0.05) is 18.0 Å². The van der Waals surface area contributed by atoms with Gasteiger partial charge in [0.25, 0.3) is 0 Å². The average Bonchev–Trinajstić information content (AvgIpc) is 2.99. The van der Waals surface area contributed by atoms with Crippen LogP contribution in [0.3, 0.4) is 0 Å². The molecule has 0 N–H and O–H groups in total. The van der Waals surface area contributed by atoms with Gasteiger partial charge in [-0.25, -0.2) is 4.98 Å². The van der Waals surface area contributed by atoms with Crippen LogP contribution in [0.25, 0.3) is 10.2 Å². The van der Waals surface area contributed by atoms with E-state index in [-0.39, 0.29) is 11.9 Å². The summed E-state index contributed by atoms with van der Waals surface area (Å²) in [6, 6.07) is 0. The third-order valence-electron chi connectivity index (χ3n) is 5.11. The van der Waals surface area contributed by atoms with E-state index in [4.69, 9.17) is 16.3 Å². The Labute approximate surface area is 156 Å². The quantitative estimate of drug-likeness (QED) is 0.595. The number of piperidine rings is 1. The molecule has 2 aliphatic rings. The summed E-state index contributed by atoms with van der Waals surface area (Å²) in [5.41, 5.74) is 1.40. The summed E-state index contributed by atoms with van der Waals surface area (Å²) >= 11 is 7.97. The Balaban J connectivity index is 1.72. The summed E-state index contributed by atoms with van der Waals surface area (Å²) in [6.07, 6.45) is 6.50. The number of carbonyl (C=O) groups excluding carboxylic acids is 1. The van der Waals surface area contributed by atoms with E-state index < -0.39 is 0 Å². The fraction of sp³-hybridized carbons (Fsp3) is 0.611. The number of anilines is 1. The number of thiophene rings is 1. The van der Waals surface area contributed by atoms with E-state index in [0.29, 0.717) is 18.4 Å². The predicted molar refractivity (Wildman–Crippen MR) is 101 cm³/mol. The molecular formula is C18H22ClN3O2S. The lowest BCUT2D eigenvalue weighted by Crippen LogP contribution is -2.40. The van der Waals surface area contributed by atoms with Gasteiger partial charge in [-0.05, 0) is 62.6 Å². The number of rotatable bonds is 3. The van der Waals surface area contributed by atoms with E-state index >= 15 is 0 Å². The molecule has 2 aromatic heterocycles. The first-order chi connectivity index (χ1) is 12.2. The van der Waals surface area contributed by atoms with Gasteiger partial charge in [-0.3, -0.25) is 4.79 Å². The zero-order valence-corrected chi connectivity index (χ0v) is 16.0. The first-order valence-electron chi connectivity index (χ1n) is 9.06. The molecule has 4 rings (SSSR count). The lowest BCUT2D eigenvalue weighted by molar-refractivity contribution is -0.148. The molecule has 0 amide bonds. The summed E-state index contributed by atoms with van der Waals surface area (Å²) in [7, 11) is 0. The summed E-state index contributed by atoms with van der Waals surface area (Å²) in [4.78, 5) is 25.9. The topological polar surface area (TPSA) is 55.3 Å². The van der Waals surface area contributed by atoms with Crippen LogP contribution in [0.5, 0.6) is 0 Å². The van der Waals surface area contributed by atoms with Gasteiger partial charge in [-0.2, -0.15) is 4.98 Å². The second-order valence-electron chi connectivity index (χ2n) is 6.74. The summed E-state index contributed by atoms with van der Waals surface area (Å²) in [5.74, 6) is 0.714. The fourth-order valence-electron chi connectivity index (χ4n) is 3.96. The highest BCUT2D eigenvalue weighted by Gasteiger charge is 2.30. The SMILES string of the molecule is CCOC(=O)C1CCCN(c2nc(Cl)nc3sc4c(c23)CCCC4)C1. The number of carbonyl (C=O) groups is 1. The van der Waals surface area contributed by atoms with Crippen molar-refractivity contribution in [1.82, 2.24) is 9.97 Å². The number of hydrogen-bond donors (Lipinski definition) is 0. The minimum atomic E-state index is -0.101. The molecule has 5 nitrogen and oxygen atoms in total. The van der Waals surface area contributed by atoms with Gasteiger partial charge >= 0.3 is 5.97 Å². The van der Waals surface area contributed by atoms with Gasteiger partial charge in [-0.15, -0.1) is 11.3 Å². The van der Waals surface area contributed by atoms with Crippen LogP contribution < -0.4 is 4.90 Å². The maximum absolute atomic E-state index is 12.2. The third-order valence-corrected chi connectivity index (χ3v) is 6.46. The van der Waals surface area contributed by atoms with Crippen molar-refractivity contribution in [3.05, 3.63) is 15.7 Å². The van der Waals surface area contributed by atoms with Crippen molar-refractivity contribution in [3.8, 4) is 0 Å². The smallest absolute Gasteiger partial charge is 0.310 e. The first kappa shape index (κ1) is 17.0. The van der Waals surface area contributed by atoms with E-state index in [2.05, 4.69) is 14.9 Å². The molecule has 0 saturated carbocycles. The summed E-state index contributed by atoms with van der Waals surface area (Å²) in [6.45, 7) is 3.82. The minimum absolute atomic E-state index is 0.0908. The van der Waals surface area contributed by atoms with Crippen LogP contribution in [-0.2, 0) is 22.4 Å². The molecule has 0 radical (unpaired) electrons. The standard InChI is InChI=1S/C18H22ClN3O2S/c1-2-24-17(23)11-6-5-9-22(10-11)15-14-12-7-3-4-8-13(12)25-16(14)21-18(19)20-15/h11H,2-10H2,1H3. The van der Waals surface area contributed by atoms with Crippen molar-refractivity contribution in [3.63, 3.8) is 0 Å². The van der Waals surface area contributed by atoms with E-state index in [1.54, 1.807) is 11.3 Å². The van der Waals surface area contributed by atoms with Crippen LogP contribution in [0.2, 0.25) is 5.28 Å². The van der Waals surface area contributed by atoms with E-state index in [9.17, 15) is 4.79 Å². The Bertz CT molecular complexity index is 807. The molecular weight excluding hydrogens is 358 g/mol. The minimum Gasteiger partial charge on any atom is -0.466 e. The van der Waals surface area contributed by atoms with Gasteiger partial charge in [0.1, 0.15) is 10.6 Å². The summed E-state index contributed by atoms with van der Waals surface area (Å²) in [5, 5.41) is 1.45. The number of aromatic nitrogens is 2. The molecule has 1 unspecified atom stereocenters. The molecule has 25 heavy (non-hydrogen) atoms. The molecule has 0 bridgehead atoms. The Morgan fingerprint density at radius 3 is 3.00 bits per heavy atom. The van der Waals surface area contributed by atoms with E-state index in [1.165, 1.54) is 23.3 Å². The highest BCUT2D eigenvalue weighted by Crippen LogP contribution is 2.41. The van der Waals surface area contributed by atoms with Crippen LogP contribution in [-0.4, -0.2) is 35.6 Å². The molecule has 7 heteroatoms. The maximum Gasteiger partial charge on any atom is 0.310 e. The molecule has 134 valence electrons. The second-order valence-corrected chi connectivity index (χ2v) is 8.17. The number of esters is 1. The number of halogens is 1. The number of ether oxygens (including phenoxy) is 1. The molecule has 1 atom stereocenters. The summed E-state index contributed by atoms with van der Waals surface area (Å²) < 4.78 is 5.23. The molecule has 1 aliphatic heterocycles.